The fourth-order valence-electron chi connectivity index (χ4n) is 1.97. The molecule has 2 N–H and O–H groups in total. The largest absolute Gasteiger partial charge is 0.376 e. The topological polar surface area (TPSA) is 45.7 Å². The molecular weight excluding hydrogens is 214 g/mol. The molecule has 1 heterocycles. The number of aliphatic imine (C=N–C) groups is 1. The maximum Gasteiger partial charge on any atom is 0.191 e. The van der Waals surface area contributed by atoms with Crippen molar-refractivity contribution in [2.45, 2.75) is 58.6 Å². The molecule has 0 radical (unpaired) electrons. The van der Waals surface area contributed by atoms with Crippen LogP contribution in [0.3, 0.4) is 0 Å². The maximum absolute atomic E-state index is 5.67. The lowest BCUT2D eigenvalue weighted by atomic mass is 10.1. The van der Waals surface area contributed by atoms with Crippen molar-refractivity contribution in [2.75, 3.05) is 19.7 Å². The summed E-state index contributed by atoms with van der Waals surface area (Å²) >= 11 is 0. The molecule has 0 aromatic rings. The van der Waals surface area contributed by atoms with E-state index in [0.717, 1.165) is 38.5 Å². The Hall–Kier alpha value is -0.770. The van der Waals surface area contributed by atoms with Gasteiger partial charge in [-0.05, 0) is 33.1 Å². The van der Waals surface area contributed by atoms with Crippen molar-refractivity contribution in [1.82, 2.24) is 10.6 Å². The minimum absolute atomic E-state index is 0.330. The Balaban J connectivity index is 2.38. The zero-order valence-corrected chi connectivity index (χ0v) is 11.5. The number of nitrogens with zero attached hydrogens (tertiary/aromatic N) is 1. The van der Waals surface area contributed by atoms with Gasteiger partial charge >= 0.3 is 0 Å². The second-order valence-corrected chi connectivity index (χ2v) is 4.60. The van der Waals surface area contributed by atoms with Gasteiger partial charge in [0.25, 0.3) is 0 Å². The number of guanidine groups is 1. The van der Waals surface area contributed by atoms with Crippen LogP contribution in [0.4, 0.5) is 0 Å². The predicted molar refractivity (Wildman–Crippen MR) is 72.5 cm³/mol. The molecule has 17 heavy (non-hydrogen) atoms. The van der Waals surface area contributed by atoms with Gasteiger partial charge in [0.1, 0.15) is 0 Å². The van der Waals surface area contributed by atoms with E-state index in [9.17, 15) is 0 Å². The highest BCUT2D eigenvalue weighted by atomic mass is 16.5. The van der Waals surface area contributed by atoms with E-state index < -0.39 is 0 Å². The number of unbranched alkanes of at least 4 members (excludes halogenated alkanes) is 1. The van der Waals surface area contributed by atoms with Crippen molar-refractivity contribution in [3.63, 3.8) is 0 Å². The van der Waals surface area contributed by atoms with Gasteiger partial charge in [-0.25, -0.2) is 0 Å². The normalized spacial score (nSPS) is 22.5. The predicted octanol–water partition coefficient (Wildman–Crippen LogP) is 1.91. The number of nitrogens with one attached hydrogen (secondary N) is 2. The van der Waals surface area contributed by atoms with Crippen molar-refractivity contribution in [3.05, 3.63) is 0 Å². The molecule has 0 aromatic heterocycles. The molecule has 0 aromatic carbocycles. The van der Waals surface area contributed by atoms with Crippen LogP contribution in [0, 0.1) is 0 Å². The summed E-state index contributed by atoms with van der Waals surface area (Å²) in [4.78, 5) is 4.55. The van der Waals surface area contributed by atoms with Crippen LogP contribution in [0.2, 0.25) is 0 Å². The van der Waals surface area contributed by atoms with Gasteiger partial charge in [-0.3, -0.25) is 4.99 Å². The van der Waals surface area contributed by atoms with E-state index in [0.29, 0.717) is 12.1 Å². The first kappa shape index (κ1) is 14.3. The van der Waals surface area contributed by atoms with Crippen LogP contribution in [-0.4, -0.2) is 37.8 Å². The summed E-state index contributed by atoms with van der Waals surface area (Å²) in [6.45, 7) is 9.14. The van der Waals surface area contributed by atoms with Crippen LogP contribution in [0.1, 0.15) is 46.5 Å². The summed E-state index contributed by atoms with van der Waals surface area (Å²) < 4.78 is 5.67. The number of hydrogen-bond acceptors (Lipinski definition) is 2. The summed E-state index contributed by atoms with van der Waals surface area (Å²) in [5.74, 6) is 0.920. The average Bonchev–Trinajstić information content (AvgIpc) is 2.83. The minimum Gasteiger partial charge on any atom is -0.376 e. The van der Waals surface area contributed by atoms with E-state index in [-0.39, 0.29) is 0 Å². The van der Waals surface area contributed by atoms with E-state index in [1.165, 1.54) is 12.8 Å². The second-order valence-electron chi connectivity index (χ2n) is 4.60. The number of rotatable bonds is 6. The second kappa shape index (κ2) is 8.34. The molecule has 2 unspecified atom stereocenters. The average molecular weight is 241 g/mol. The Morgan fingerprint density at radius 2 is 2.29 bits per heavy atom. The van der Waals surface area contributed by atoms with Crippen LogP contribution in [-0.2, 0) is 4.74 Å². The monoisotopic (exact) mass is 241 g/mol. The fraction of sp³-hybridized carbons (Fsp3) is 0.923. The lowest BCUT2D eigenvalue weighted by Crippen LogP contribution is -2.47. The standard InChI is InChI=1S/C13H27N3O/c1-4-6-9-15-13(14-5-2)16-11(3)12-8-7-10-17-12/h11-12H,4-10H2,1-3H3,(H2,14,15,16). The molecule has 0 saturated carbocycles. The van der Waals surface area contributed by atoms with E-state index in [1.807, 2.05) is 0 Å². The molecule has 4 nitrogen and oxygen atoms in total. The quantitative estimate of drug-likeness (QED) is 0.424. The molecule has 1 saturated heterocycles. The number of hydrogen-bond donors (Lipinski definition) is 2. The highest BCUT2D eigenvalue weighted by molar-refractivity contribution is 5.80. The Bertz CT molecular complexity index is 225. The fourth-order valence-corrected chi connectivity index (χ4v) is 1.97. The Morgan fingerprint density at radius 1 is 1.47 bits per heavy atom. The third-order valence-corrected chi connectivity index (χ3v) is 3.01. The highest BCUT2D eigenvalue weighted by Crippen LogP contribution is 2.15. The Morgan fingerprint density at radius 3 is 2.88 bits per heavy atom. The van der Waals surface area contributed by atoms with Gasteiger partial charge < -0.3 is 15.4 Å². The molecule has 1 aliphatic heterocycles. The van der Waals surface area contributed by atoms with E-state index >= 15 is 0 Å². The van der Waals surface area contributed by atoms with Gasteiger partial charge in [-0.15, -0.1) is 0 Å². The Kier molecular flexibility index (Phi) is 7.01. The summed E-state index contributed by atoms with van der Waals surface area (Å²) in [6.07, 6.45) is 5.00. The van der Waals surface area contributed by atoms with Crippen molar-refractivity contribution >= 4 is 5.96 Å². The van der Waals surface area contributed by atoms with Crippen LogP contribution in [0.25, 0.3) is 0 Å². The molecule has 1 aliphatic rings. The van der Waals surface area contributed by atoms with Gasteiger partial charge in [0.2, 0.25) is 0 Å². The first-order valence-electron chi connectivity index (χ1n) is 6.94. The van der Waals surface area contributed by atoms with Crippen molar-refractivity contribution in [2.24, 2.45) is 4.99 Å². The molecule has 2 atom stereocenters. The summed E-state index contributed by atoms with van der Waals surface area (Å²) in [5, 5.41) is 6.71. The maximum atomic E-state index is 5.67. The molecule has 4 heteroatoms. The smallest absolute Gasteiger partial charge is 0.191 e. The van der Waals surface area contributed by atoms with Crippen LogP contribution >= 0.6 is 0 Å². The Labute approximate surface area is 105 Å². The first-order chi connectivity index (χ1) is 8.27. The highest BCUT2D eigenvalue weighted by Gasteiger charge is 2.22. The minimum atomic E-state index is 0.330. The molecule has 100 valence electrons. The van der Waals surface area contributed by atoms with Gasteiger partial charge in [-0.1, -0.05) is 13.3 Å². The molecule has 1 fully saturated rings. The molecule has 0 spiro atoms. The van der Waals surface area contributed by atoms with Crippen molar-refractivity contribution in [1.29, 1.82) is 0 Å². The first-order valence-corrected chi connectivity index (χ1v) is 6.94. The SMILES string of the molecule is CCCCN=C(NCC)NC(C)C1CCCO1. The third-order valence-electron chi connectivity index (χ3n) is 3.01. The van der Waals surface area contributed by atoms with Gasteiger partial charge in [0, 0.05) is 19.7 Å². The van der Waals surface area contributed by atoms with Gasteiger partial charge in [0.05, 0.1) is 12.1 Å². The molecule has 0 amide bonds. The van der Waals surface area contributed by atoms with E-state index in [1.54, 1.807) is 0 Å². The third kappa shape index (κ3) is 5.39. The molecule has 0 bridgehead atoms. The van der Waals surface area contributed by atoms with Crippen LogP contribution < -0.4 is 10.6 Å². The zero-order chi connectivity index (χ0) is 12.5. The molecule has 0 aliphatic carbocycles. The number of ether oxygens (including phenoxy) is 1. The molecule has 1 rings (SSSR count). The van der Waals surface area contributed by atoms with E-state index in [4.69, 9.17) is 4.74 Å². The van der Waals surface area contributed by atoms with Crippen molar-refractivity contribution < 1.29 is 4.74 Å². The summed E-state index contributed by atoms with van der Waals surface area (Å²) in [7, 11) is 0. The molecular formula is C13H27N3O. The lowest BCUT2D eigenvalue weighted by molar-refractivity contribution is 0.0890. The lowest BCUT2D eigenvalue weighted by Gasteiger charge is -2.22. The van der Waals surface area contributed by atoms with Crippen molar-refractivity contribution in [3.8, 4) is 0 Å². The zero-order valence-electron chi connectivity index (χ0n) is 11.5. The summed E-state index contributed by atoms with van der Waals surface area (Å²) in [6, 6.07) is 0.330. The van der Waals surface area contributed by atoms with Crippen LogP contribution in [0.5, 0.6) is 0 Å². The van der Waals surface area contributed by atoms with Crippen LogP contribution in [0.15, 0.2) is 4.99 Å². The summed E-state index contributed by atoms with van der Waals surface area (Å²) in [5.41, 5.74) is 0. The van der Waals surface area contributed by atoms with E-state index in [2.05, 4.69) is 36.4 Å². The van der Waals surface area contributed by atoms with Gasteiger partial charge in [0.15, 0.2) is 5.96 Å². The van der Waals surface area contributed by atoms with Gasteiger partial charge in [-0.2, -0.15) is 0 Å².